The Labute approximate surface area is 605 Å². The first-order valence-electron chi connectivity index (χ1n) is 37.2. The number of carbonyl (C=O) groups is 4. The number of aliphatic hydroxyl groups excluding tert-OH is 1. The van der Waals surface area contributed by atoms with Crippen molar-refractivity contribution in [2.24, 2.45) is 46.3 Å². The number of aliphatic hydroxyl groups is 1. The van der Waals surface area contributed by atoms with Crippen molar-refractivity contribution in [1.82, 2.24) is 21.3 Å². The van der Waals surface area contributed by atoms with Gasteiger partial charge >= 0.3 is 6.09 Å². The van der Waals surface area contributed by atoms with E-state index in [4.69, 9.17) is 70.6 Å². The topological polar surface area (TPSA) is 275 Å². The molecule has 0 radical (unpaired) electrons. The zero-order valence-corrected chi connectivity index (χ0v) is 65.0. The van der Waals surface area contributed by atoms with Gasteiger partial charge in [-0.1, -0.05) is 87.1 Å². The summed E-state index contributed by atoms with van der Waals surface area (Å²) in [4.78, 5) is 48.1. The molecule has 3 saturated carbocycles. The standard InChI is InChI=1S/C71H132N4O20P2S2/c1-57(2)10-9-11-58(3)63-14-15-64-62-13-12-59-56-61(16-23-70(59,4)65(62)17-24-71(63,64)5)95-69(80)75-26-18-60(76)19-31-94-97-96-93-28-8-7-25-73-67(78)20-29-81-32-34-83-36-38-85-40-42-87-44-46-89-48-50-91-52-53-92-51-49-90-47-45-88-43-41-86-39-37-84-35-33-82-30-21-68(79)74-27-55-99-98-54-22-66(77)72-6/h12,57-58,60-65,76,96-97H,7-11,13-56H2,1-6H3,(H,72,77)(H,73,78)(H,74,79)(H,75,80)/t58-,60?,61+,62?,63-,64?,65?,70+,71-/m0/s1. The number of amides is 4. The van der Waals surface area contributed by atoms with Crippen LogP contribution in [0.4, 0.5) is 4.79 Å². The van der Waals surface area contributed by atoms with Crippen LogP contribution in [0.3, 0.4) is 0 Å². The molecular weight excluding hydrogens is 1350 g/mol. The van der Waals surface area contributed by atoms with E-state index in [2.05, 4.69) is 62.0 Å². The van der Waals surface area contributed by atoms with Gasteiger partial charge in [0, 0.05) is 63.9 Å². The van der Waals surface area contributed by atoms with Crippen molar-refractivity contribution in [3.63, 3.8) is 0 Å². The lowest BCUT2D eigenvalue weighted by atomic mass is 9.47. The quantitative estimate of drug-likeness (QED) is 0.0164. The number of carbonyl (C=O) groups excluding carboxylic acids is 4. The molecule has 0 spiro atoms. The number of rotatable bonds is 66. The highest BCUT2D eigenvalue weighted by atomic mass is 33.1. The van der Waals surface area contributed by atoms with Crippen molar-refractivity contribution in [1.29, 1.82) is 0 Å². The number of hydrogen-bond acceptors (Lipinski definition) is 22. The maximum atomic E-state index is 12.9. The van der Waals surface area contributed by atoms with Crippen molar-refractivity contribution >= 4 is 62.4 Å². The summed E-state index contributed by atoms with van der Waals surface area (Å²) in [6.07, 6.45) is 18.9. The average Bonchev–Trinajstić information content (AvgIpc) is 1.70. The van der Waals surface area contributed by atoms with Crippen molar-refractivity contribution < 1.29 is 94.9 Å². The van der Waals surface area contributed by atoms with Crippen LogP contribution >= 0.6 is 38.6 Å². The first-order chi connectivity index (χ1) is 48.3. The third-order valence-corrected chi connectivity index (χ3v) is 23.6. The van der Waals surface area contributed by atoms with Gasteiger partial charge in [-0.25, -0.2) is 4.79 Å². The summed E-state index contributed by atoms with van der Waals surface area (Å²) in [6, 6.07) is 0. The third-order valence-electron chi connectivity index (χ3n) is 19.3. The van der Waals surface area contributed by atoms with Crippen LogP contribution in [0.15, 0.2) is 11.6 Å². The molecule has 5 N–H and O–H groups in total. The van der Waals surface area contributed by atoms with E-state index in [9.17, 15) is 24.3 Å². The van der Waals surface area contributed by atoms with Gasteiger partial charge in [-0.05, 0) is 117 Å². The summed E-state index contributed by atoms with van der Waals surface area (Å²) in [6.45, 7) is 25.7. The number of fused-ring (bicyclic) bond motifs is 5. The van der Waals surface area contributed by atoms with E-state index in [1.807, 2.05) is 0 Å². The van der Waals surface area contributed by atoms with Gasteiger partial charge in [-0.15, -0.1) is 0 Å². The first kappa shape index (κ1) is 89.8. The van der Waals surface area contributed by atoms with E-state index in [0.717, 1.165) is 79.1 Å². The van der Waals surface area contributed by atoms with Crippen LogP contribution in [0.5, 0.6) is 0 Å². The maximum Gasteiger partial charge on any atom is 0.407 e. The zero-order chi connectivity index (χ0) is 71.1. The van der Waals surface area contributed by atoms with E-state index in [0.29, 0.717) is 223 Å². The minimum absolute atomic E-state index is 0.0325. The molecule has 4 aliphatic carbocycles. The van der Waals surface area contributed by atoms with Crippen LogP contribution in [0, 0.1) is 46.3 Å². The number of nitrogens with one attached hydrogen (secondary N) is 4. The molecule has 0 bridgehead atoms. The molecule has 578 valence electrons. The molecule has 0 aliphatic heterocycles. The van der Waals surface area contributed by atoms with Crippen molar-refractivity contribution in [2.75, 3.05) is 210 Å². The molecule has 99 heavy (non-hydrogen) atoms. The molecule has 3 fully saturated rings. The molecule has 0 saturated heterocycles. The smallest absolute Gasteiger partial charge is 0.407 e. The van der Waals surface area contributed by atoms with Gasteiger partial charge in [-0.2, -0.15) is 0 Å². The second-order valence-corrected chi connectivity index (χ2v) is 31.9. The van der Waals surface area contributed by atoms with Crippen LogP contribution in [0.25, 0.3) is 0 Å². The predicted octanol–water partition coefficient (Wildman–Crippen LogP) is 9.91. The second-order valence-electron chi connectivity index (χ2n) is 26.9. The Bertz CT molecular complexity index is 2090. The fourth-order valence-corrected chi connectivity index (χ4v) is 17.4. The number of hydrogen-bond donors (Lipinski definition) is 5. The summed E-state index contributed by atoms with van der Waals surface area (Å²) in [5.41, 5.74) is 2.23. The summed E-state index contributed by atoms with van der Waals surface area (Å²) in [5.74, 6) is 6.32. The molecule has 11 atom stereocenters. The van der Waals surface area contributed by atoms with E-state index in [1.54, 1.807) is 28.6 Å². The minimum atomic E-state index is -0.572. The van der Waals surface area contributed by atoms with Crippen LogP contribution in [-0.4, -0.2) is 251 Å². The molecule has 0 aromatic heterocycles. The van der Waals surface area contributed by atoms with Gasteiger partial charge in [0.25, 0.3) is 0 Å². The predicted molar refractivity (Wildman–Crippen MR) is 393 cm³/mol. The highest BCUT2D eigenvalue weighted by Crippen LogP contribution is 2.67. The lowest BCUT2D eigenvalue weighted by Crippen LogP contribution is -2.51. The molecule has 0 aromatic carbocycles. The monoisotopic (exact) mass is 1490 g/mol. The van der Waals surface area contributed by atoms with Gasteiger partial charge in [0.1, 0.15) is 6.10 Å². The lowest BCUT2D eigenvalue weighted by Gasteiger charge is -2.58. The Morgan fingerprint density at radius 3 is 1.52 bits per heavy atom. The van der Waals surface area contributed by atoms with Gasteiger partial charge in [0.05, 0.1) is 195 Å². The van der Waals surface area contributed by atoms with Gasteiger partial charge in [-0.3, -0.25) is 14.4 Å². The largest absolute Gasteiger partial charge is 0.446 e. The van der Waals surface area contributed by atoms with E-state index >= 15 is 0 Å². The van der Waals surface area contributed by atoms with Gasteiger partial charge in [0.15, 0.2) is 0 Å². The van der Waals surface area contributed by atoms with E-state index < -0.39 is 6.10 Å². The SMILES string of the molecule is CNC(=O)CCSSCCNC(=O)CCOCCOCCOCCOCCOCCOCCOCCOCCOCCOCCOCCOCCC(=O)NCCCCOPPOCCC(O)CCNC(=O)O[C@@H]1CC[C@]2(C)C(=CCC3C2CC[C@]2(C)C3CC[C@H]2[C@@H](C)CCCC(C)C)C1. The van der Waals surface area contributed by atoms with Crippen molar-refractivity contribution in [3.8, 4) is 0 Å². The molecule has 0 heterocycles. The highest BCUT2D eigenvalue weighted by Gasteiger charge is 2.59. The number of allylic oxidation sites excluding steroid dienone is 1. The first-order valence-corrected chi connectivity index (χ1v) is 42.5. The Balaban J connectivity index is 0.771. The number of alkyl carbamates (subject to hydrolysis) is 1. The molecule has 4 amide bonds. The normalized spacial score (nSPS) is 22.0. The highest BCUT2D eigenvalue weighted by molar-refractivity contribution is 8.76. The molecular formula is C71H132N4O20P2S2. The van der Waals surface area contributed by atoms with Gasteiger partial charge < -0.3 is 97.0 Å². The van der Waals surface area contributed by atoms with E-state index in [1.165, 1.54) is 56.9 Å². The molecule has 6 unspecified atom stereocenters. The Morgan fingerprint density at radius 2 is 1.00 bits per heavy atom. The Hall–Kier alpha value is -1.62. The fraction of sp³-hybridized carbons (Fsp3) is 0.915. The average molecular weight is 1490 g/mol. The zero-order valence-electron chi connectivity index (χ0n) is 61.4. The summed E-state index contributed by atoms with van der Waals surface area (Å²) in [5, 5.41) is 21.8. The van der Waals surface area contributed by atoms with Gasteiger partial charge in [0.2, 0.25) is 17.7 Å². The van der Waals surface area contributed by atoms with Crippen molar-refractivity contribution in [3.05, 3.63) is 11.6 Å². The van der Waals surface area contributed by atoms with Crippen LogP contribution in [0.1, 0.15) is 150 Å². The number of unbranched alkanes of at least 4 members (excludes halogenated alkanes) is 1. The lowest BCUT2D eigenvalue weighted by molar-refractivity contribution is -0.123. The molecule has 0 aromatic rings. The van der Waals surface area contributed by atoms with Crippen LogP contribution < -0.4 is 21.3 Å². The Kier molecular flexibility index (Phi) is 53.1. The van der Waals surface area contributed by atoms with Crippen molar-refractivity contribution in [2.45, 2.75) is 162 Å². The summed E-state index contributed by atoms with van der Waals surface area (Å²) in [7, 11) is 5.33. The Morgan fingerprint density at radius 1 is 0.505 bits per heavy atom. The van der Waals surface area contributed by atoms with E-state index in [-0.39, 0.29) is 58.7 Å². The molecule has 28 heteroatoms. The summed E-state index contributed by atoms with van der Waals surface area (Å²) < 4.78 is 83.7. The molecule has 4 rings (SSSR count). The van der Waals surface area contributed by atoms with Crippen LogP contribution in [0.2, 0.25) is 0 Å². The molecule has 4 aliphatic rings. The third kappa shape index (κ3) is 41.8. The minimum Gasteiger partial charge on any atom is -0.446 e. The van der Waals surface area contributed by atoms with Crippen LogP contribution in [-0.2, 0) is 85.0 Å². The summed E-state index contributed by atoms with van der Waals surface area (Å²) >= 11 is 0. The molecule has 24 nitrogen and oxygen atoms in total. The maximum absolute atomic E-state index is 12.9. The number of ether oxygens (including phenoxy) is 13. The fourth-order valence-electron chi connectivity index (χ4n) is 14.0. The second kappa shape index (κ2) is 58.5.